The van der Waals surface area contributed by atoms with E-state index in [1.54, 1.807) is 0 Å². The highest BCUT2D eigenvalue weighted by Crippen LogP contribution is 2.19. The molecule has 1 heterocycles. The number of nitrogens with one attached hydrogen (secondary N) is 1. The minimum atomic E-state index is 0.406. The maximum atomic E-state index is 5.66. The van der Waals surface area contributed by atoms with Crippen LogP contribution in [0.5, 0.6) is 5.88 Å². The van der Waals surface area contributed by atoms with Crippen LogP contribution in [0.1, 0.15) is 51.8 Å². The summed E-state index contributed by atoms with van der Waals surface area (Å²) in [7, 11) is 0. The first-order valence-corrected chi connectivity index (χ1v) is 7.01. The van der Waals surface area contributed by atoms with Crippen molar-refractivity contribution in [1.29, 1.82) is 0 Å². The molecular formula is C16H26N2O. The molecule has 1 N–H and O–H groups in total. The molecule has 0 unspecified atom stereocenters. The molecule has 19 heavy (non-hydrogen) atoms. The fraction of sp³-hybridized carbons (Fsp3) is 0.562. The van der Waals surface area contributed by atoms with Crippen molar-refractivity contribution < 1.29 is 4.74 Å². The summed E-state index contributed by atoms with van der Waals surface area (Å²) in [4.78, 5) is 4.55. The smallest absolute Gasteiger partial charge is 0.214 e. The Labute approximate surface area is 117 Å². The zero-order valence-electron chi connectivity index (χ0n) is 12.7. The molecule has 106 valence electrons. The van der Waals surface area contributed by atoms with Gasteiger partial charge >= 0.3 is 0 Å². The maximum absolute atomic E-state index is 5.66. The van der Waals surface area contributed by atoms with Crippen LogP contribution in [-0.4, -0.2) is 17.6 Å². The molecule has 0 saturated carbocycles. The predicted octanol–water partition coefficient (Wildman–Crippen LogP) is 3.66. The summed E-state index contributed by atoms with van der Waals surface area (Å²) in [6.45, 7) is 12.0. The van der Waals surface area contributed by atoms with Crippen molar-refractivity contribution in [1.82, 2.24) is 10.3 Å². The molecule has 0 radical (unpaired) electrons. The molecule has 0 bridgehead atoms. The van der Waals surface area contributed by atoms with E-state index >= 15 is 0 Å². The van der Waals surface area contributed by atoms with Crippen molar-refractivity contribution in [2.24, 2.45) is 0 Å². The third kappa shape index (κ3) is 5.88. The molecule has 0 aromatic carbocycles. The maximum Gasteiger partial charge on any atom is 0.214 e. The van der Waals surface area contributed by atoms with Crippen LogP contribution in [0.3, 0.4) is 0 Å². The summed E-state index contributed by atoms with van der Waals surface area (Å²) in [5, 5.41) is 3.43. The van der Waals surface area contributed by atoms with Crippen LogP contribution in [0.15, 0.2) is 24.3 Å². The number of rotatable bonds is 7. The number of allylic oxidation sites excluding steroid dienone is 1. The van der Waals surface area contributed by atoms with Crippen LogP contribution < -0.4 is 10.1 Å². The van der Waals surface area contributed by atoms with Gasteiger partial charge in [0, 0.05) is 24.3 Å². The van der Waals surface area contributed by atoms with Gasteiger partial charge in [-0.25, -0.2) is 4.98 Å². The Kier molecular flexibility index (Phi) is 6.57. The third-order valence-electron chi connectivity index (χ3n) is 2.75. The molecule has 0 atom stereocenters. The molecular weight excluding hydrogens is 236 g/mol. The third-order valence-corrected chi connectivity index (χ3v) is 2.75. The van der Waals surface area contributed by atoms with E-state index in [-0.39, 0.29) is 0 Å². The van der Waals surface area contributed by atoms with Crippen LogP contribution in [0.4, 0.5) is 0 Å². The van der Waals surface area contributed by atoms with Gasteiger partial charge in [-0.15, -0.1) is 0 Å². The van der Waals surface area contributed by atoms with E-state index < -0.39 is 0 Å². The first kappa shape index (κ1) is 15.7. The molecule has 3 heteroatoms. The van der Waals surface area contributed by atoms with Gasteiger partial charge in [-0.3, -0.25) is 0 Å². The van der Waals surface area contributed by atoms with Crippen molar-refractivity contribution in [3.8, 4) is 5.88 Å². The summed E-state index contributed by atoms with van der Waals surface area (Å²) in [5.41, 5.74) is 2.31. The molecule has 0 aliphatic carbocycles. The fourth-order valence-corrected chi connectivity index (χ4v) is 1.61. The molecule has 0 amide bonds. The Balaban J connectivity index is 2.83. The van der Waals surface area contributed by atoms with E-state index in [1.165, 1.54) is 5.56 Å². The molecule has 3 nitrogen and oxygen atoms in total. The molecule has 0 saturated heterocycles. The van der Waals surface area contributed by atoms with E-state index in [1.807, 2.05) is 25.1 Å². The lowest BCUT2D eigenvalue weighted by molar-refractivity contribution is 0.346. The van der Waals surface area contributed by atoms with Crippen LogP contribution in [0.25, 0.3) is 0 Å². The van der Waals surface area contributed by atoms with Crippen molar-refractivity contribution in [3.63, 3.8) is 0 Å². The molecule has 1 rings (SSSR count). The second-order valence-electron chi connectivity index (χ2n) is 5.31. The molecule has 1 aromatic heterocycles. The summed E-state index contributed by atoms with van der Waals surface area (Å²) in [6, 6.07) is 4.65. The second kappa shape index (κ2) is 7.95. The van der Waals surface area contributed by atoms with Gasteiger partial charge in [0.25, 0.3) is 0 Å². The minimum Gasteiger partial charge on any atom is -0.473 e. The predicted molar refractivity (Wildman–Crippen MR) is 80.6 cm³/mol. The lowest BCUT2D eigenvalue weighted by Crippen LogP contribution is -2.22. The molecule has 0 aliphatic rings. The quantitative estimate of drug-likeness (QED) is 0.761. The number of aromatic nitrogens is 1. The summed E-state index contributed by atoms with van der Waals surface area (Å²) < 4.78 is 5.66. The topological polar surface area (TPSA) is 34.1 Å². The Morgan fingerprint density at radius 1 is 1.26 bits per heavy atom. The van der Waals surface area contributed by atoms with Gasteiger partial charge in [0.1, 0.15) is 6.61 Å². The number of hydrogen-bond donors (Lipinski definition) is 1. The van der Waals surface area contributed by atoms with E-state index in [0.717, 1.165) is 12.2 Å². The molecule has 0 aliphatic heterocycles. The minimum absolute atomic E-state index is 0.406. The first-order valence-electron chi connectivity index (χ1n) is 7.01. The van der Waals surface area contributed by atoms with E-state index in [9.17, 15) is 0 Å². The monoisotopic (exact) mass is 262 g/mol. The molecule has 0 spiro atoms. The lowest BCUT2D eigenvalue weighted by atomic mass is 10.1. The van der Waals surface area contributed by atoms with Crippen molar-refractivity contribution in [2.75, 3.05) is 6.61 Å². The highest BCUT2D eigenvalue weighted by molar-refractivity contribution is 5.27. The average molecular weight is 262 g/mol. The zero-order valence-corrected chi connectivity index (χ0v) is 12.7. The normalized spacial score (nSPS) is 11.7. The van der Waals surface area contributed by atoms with Crippen molar-refractivity contribution >= 4 is 0 Å². The molecule has 0 fully saturated rings. The van der Waals surface area contributed by atoms with Crippen LogP contribution in [-0.2, 0) is 6.54 Å². The van der Waals surface area contributed by atoms with Gasteiger partial charge in [0.15, 0.2) is 0 Å². The highest BCUT2D eigenvalue weighted by atomic mass is 16.5. The number of hydrogen-bond acceptors (Lipinski definition) is 3. The summed E-state index contributed by atoms with van der Waals surface area (Å²) in [6.07, 6.45) is 3.96. The lowest BCUT2D eigenvalue weighted by Gasteiger charge is -2.13. The number of pyridine rings is 1. The Morgan fingerprint density at radius 2 is 2.00 bits per heavy atom. The molecule has 1 aromatic rings. The van der Waals surface area contributed by atoms with Crippen molar-refractivity contribution in [3.05, 3.63) is 35.5 Å². The van der Waals surface area contributed by atoms with Crippen molar-refractivity contribution in [2.45, 2.75) is 53.1 Å². The van der Waals surface area contributed by atoms with Gasteiger partial charge in [-0.05, 0) is 24.5 Å². The van der Waals surface area contributed by atoms with E-state index in [0.29, 0.717) is 24.4 Å². The van der Waals surface area contributed by atoms with E-state index in [2.05, 4.69) is 44.1 Å². The summed E-state index contributed by atoms with van der Waals surface area (Å²) >= 11 is 0. The zero-order chi connectivity index (χ0) is 14.3. The van der Waals surface area contributed by atoms with Gasteiger partial charge in [-0.2, -0.15) is 0 Å². The van der Waals surface area contributed by atoms with Crippen LogP contribution in [0, 0.1) is 0 Å². The number of nitrogens with zero attached hydrogens (tertiary/aromatic N) is 1. The Hall–Kier alpha value is -1.35. The van der Waals surface area contributed by atoms with Gasteiger partial charge in [0.2, 0.25) is 5.88 Å². The average Bonchev–Trinajstić information content (AvgIpc) is 2.36. The Bertz CT molecular complexity index is 411. The SMILES string of the molecule is C/C=C/COc1cc(CNC(C)C)cc(C(C)C)n1. The van der Waals surface area contributed by atoms with Crippen LogP contribution in [0.2, 0.25) is 0 Å². The number of ether oxygens (including phenoxy) is 1. The highest BCUT2D eigenvalue weighted by Gasteiger charge is 2.07. The first-order chi connectivity index (χ1) is 9.02. The summed E-state index contributed by atoms with van der Waals surface area (Å²) in [5.74, 6) is 1.12. The van der Waals surface area contributed by atoms with Gasteiger partial charge in [0.05, 0.1) is 0 Å². The van der Waals surface area contributed by atoms with Gasteiger partial charge < -0.3 is 10.1 Å². The Morgan fingerprint density at radius 3 is 2.58 bits per heavy atom. The van der Waals surface area contributed by atoms with Gasteiger partial charge in [-0.1, -0.05) is 39.8 Å². The standard InChI is InChI=1S/C16H26N2O/c1-6-7-8-19-16-10-14(11-17-13(4)5)9-15(18-16)12(2)3/h6-7,9-10,12-13,17H,8,11H2,1-5H3/b7-6+. The largest absolute Gasteiger partial charge is 0.473 e. The van der Waals surface area contributed by atoms with E-state index in [4.69, 9.17) is 4.74 Å². The van der Waals surface area contributed by atoms with Crippen LogP contribution >= 0.6 is 0 Å². The fourth-order valence-electron chi connectivity index (χ4n) is 1.61. The second-order valence-corrected chi connectivity index (χ2v) is 5.31.